The summed E-state index contributed by atoms with van der Waals surface area (Å²) in [4.78, 5) is 29.4. The highest BCUT2D eigenvalue weighted by molar-refractivity contribution is 5.94. The minimum absolute atomic E-state index is 0.219. The van der Waals surface area contributed by atoms with Gasteiger partial charge in [-0.2, -0.15) is 0 Å². The number of hydrogen-bond acceptors (Lipinski definition) is 4. The zero-order valence-electron chi connectivity index (χ0n) is 23.0. The second kappa shape index (κ2) is 14.1. The van der Waals surface area contributed by atoms with Gasteiger partial charge in [0.15, 0.2) is 0 Å². The summed E-state index contributed by atoms with van der Waals surface area (Å²) in [5.41, 5.74) is 2.48. The zero-order chi connectivity index (χ0) is 28.3. The molecule has 210 valence electrons. The minimum atomic E-state index is -0.834. The number of ether oxygens (including phenoxy) is 1. The molecule has 7 heteroatoms. The first kappa shape index (κ1) is 27.9. The Morgan fingerprint density at radius 3 is 1.83 bits per heavy atom. The third-order valence-corrected chi connectivity index (χ3v) is 7.24. The molecule has 1 unspecified atom stereocenters. The van der Waals surface area contributed by atoms with Crippen LogP contribution in [-0.2, 0) is 4.79 Å². The summed E-state index contributed by atoms with van der Waals surface area (Å²) in [6.45, 7) is 3.44. The number of hydrogen-bond donors (Lipinski definition) is 3. The molecule has 7 nitrogen and oxygen atoms in total. The molecule has 0 aromatic heterocycles. The van der Waals surface area contributed by atoms with Crippen molar-refractivity contribution in [1.29, 1.82) is 0 Å². The Morgan fingerprint density at radius 1 is 0.707 bits per heavy atom. The van der Waals surface area contributed by atoms with E-state index in [0.29, 0.717) is 18.0 Å². The highest BCUT2D eigenvalue weighted by atomic mass is 16.5. The maximum Gasteiger partial charge on any atom is 0.319 e. The molecule has 0 spiro atoms. The van der Waals surface area contributed by atoms with Gasteiger partial charge in [0.25, 0.3) is 0 Å². The predicted octanol–water partition coefficient (Wildman–Crippen LogP) is 6.01. The number of nitrogens with one attached hydrogen (secondary N) is 3. The highest BCUT2D eigenvalue weighted by Gasteiger charge is 2.32. The molecule has 0 saturated carbocycles. The average Bonchev–Trinajstić information content (AvgIpc) is 3.53. The summed E-state index contributed by atoms with van der Waals surface area (Å²) in [5, 5.41) is 8.96. The van der Waals surface area contributed by atoms with E-state index in [2.05, 4.69) is 20.9 Å². The number of anilines is 1. The molecule has 1 atom stereocenters. The van der Waals surface area contributed by atoms with Gasteiger partial charge in [-0.3, -0.25) is 4.79 Å². The van der Waals surface area contributed by atoms with Crippen molar-refractivity contribution >= 4 is 17.6 Å². The van der Waals surface area contributed by atoms with Crippen LogP contribution in [-0.4, -0.2) is 49.1 Å². The van der Waals surface area contributed by atoms with Crippen molar-refractivity contribution in [3.05, 3.63) is 126 Å². The molecular formula is C34H36N4O3. The van der Waals surface area contributed by atoms with E-state index >= 15 is 0 Å². The van der Waals surface area contributed by atoms with E-state index < -0.39 is 12.1 Å². The molecule has 1 heterocycles. The molecule has 4 aromatic rings. The Bertz CT molecular complexity index is 1340. The van der Waals surface area contributed by atoms with Crippen LogP contribution in [0.5, 0.6) is 11.5 Å². The summed E-state index contributed by atoms with van der Waals surface area (Å²) in [6.07, 6.45) is 2.39. The lowest BCUT2D eigenvalue weighted by Gasteiger charge is -2.28. The van der Waals surface area contributed by atoms with E-state index in [-0.39, 0.29) is 11.8 Å². The van der Waals surface area contributed by atoms with E-state index in [9.17, 15) is 9.59 Å². The quantitative estimate of drug-likeness (QED) is 0.214. The van der Waals surface area contributed by atoms with Gasteiger partial charge in [-0.15, -0.1) is 0 Å². The van der Waals surface area contributed by atoms with Crippen molar-refractivity contribution in [2.24, 2.45) is 0 Å². The lowest BCUT2D eigenvalue weighted by Crippen LogP contribution is -2.52. The normalized spacial score (nSPS) is 13.9. The number of benzene rings is 4. The predicted molar refractivity (Wildman–Crippen MR) is 162 cm³/mol. The van der Waals surface area contributed by atoms with Gasteiger partial charge < -0.3 is 25.6 Å². The molecule has 0 radical (unpaired) electrons. The number of nitrogens with zero attached hydrogens (tertiary/aromatic N) is 1. The fourth-order valence-electron chi connectivity index (χ4n) is 5.19. The molecule has 1 saturated heterocycles. The fraction of sp³-hybridized carbons (Fsp3) is 0.235. The second-order valence-corrected chi connectivity index (χ2v) is 10.2. The van der Waals surface area contributed by atoms with Crippen molar-refractivity contribution < 1.29 is 14.3 Å². The number of para-hydroxylation sites is 1. The zero-order valence-corrected chi connectivity index (χ0v) is 23.0. The van der Waals surface area contributed by atoms with Crippen LogP contribution in [0.25, 0.3) is 0 Å². The molecule has 3 amide bonds. The molecular weight excluding hydrogens is 512 g/mol. The highest BCUT2D eigenvalue weighted by Crippen LogP contribution is 2.29. The van der Waals surface area contributed by atoms with Gasteiger partial charge in [0.2, 0.25) is 5.91 Å². The first-order valence-electron chi connectivity index (χ1n) is 14.2. The lowest BCUT2D eigenvalue weighted by molar-refractivity contribution is -0.123. The molecule has 3 N–H and O–H groups in total. The largest absolute Gasteiger partial charge is 0.457 e. The van der Waals surface area contributed by atoms with Gasteiger partial charge in [-0.25, -0.2) is 4.79 Å². The molecule has 1 aliphatic rings. The Kier molecular flexibility index (Phi) is 9.63. The van der Waals surface area contributed by atoms with E-state index in [1.807, 2.05) is 91.0 Å². The van der Waals surface area contributed by atoms with Crippen LogP contribution in [0, 0.1) is 0 Å². The third kappa shape index (κ3) is 7.96. The average molecular weight is 549 g/mol. The van der Waals surface area contributed by atoms with Crippen molar-refractivity contribution in [2.75, 3.05) is 31.5 Å². The maximum atomic E-state index is 13.7. The summed E-state index contributed by atoms with van der Waals surface area (Å²) in [6, 6.07) is 35.0. The molecule has 4 aromatic carbocycles. The molecule has 5 rings (SSSR count). The Hall–Kier alpha value is -4.62. The second-order valence-electron chi connectivity index (χ2n) is 10.2. The summed E-state index contributed by atoms with van der Waals surface area (Å²) in [5.74, 6) is 0.795. The van der Waals surface area contributed by atoms with Crippen molar-refractivity contribution in [2.45, 2.75) is 24.8 Å². The van der Waals surface area contributed by atoms with Gasteiger partial charge in [-0.1, -0.05) is 78.9 Å². The number of carbonyl (C=O) groups excluding carboxylic acids is 2. The number of rotatable bonds is 11. The third-order valence-electron chi connectivity index (χ3n) is 7.24. The van der Waals surface area contributed by atoms with E-state index in [4.69, 9.17) is 4.74 Å². The first-order chi connectivity index (χ1) is 20.2. The van der Waals surface area contributed by atoms with E-state index in [0.717, 1.165) is 36.5 Å². The fourth-order valence-corrected chi connectivity index (χ4v) is 5.19. The topological polar surface area (TPSA) is 82.7 Å². The van der Waals surface area contributed by atoms with Crippen LogP contribution in [0.2, 0.25) is 0 Å². The van der Waals surface area contributed by atoms with E-state index in [1.165, 1.54) is 12.8 Å². The lowest BCUT2D eigenvalue weighted by atomic mass is 9.84. The minimum Gasteiger partial charge on any atom is -0.457 e. The van der Waals surface area contributed by atoms with Crippen LogP contribution in [0.15, 0.2) is 115 Å². The molecule has 1 fully saturated rings. The SMILES string of the molecule is O=C(Nc1ccc(Oc2ccccc2)cc1)NC(C(=O)NCCN1CCCC1)C(c1ccccc1)c1ccccc1. The Labute approximate surface area is 241 Å². The van der Waals surface area contributed by atoms with Crippen LogP contribution in [0.4, 0.5) is 10.5 Å². The molecule has 0 aliphatic carbocycles. The van der Waals surface area contributed by atoms with Gasteiger partial charge in [0.05, 0.1) is 0 Å². The smallest absolute Gasteiger partial charge is 0.319 e. The van der Waals surface area contributed by atoms with Crippen molar-refractivity contribution in [1.82, 2.24) is 15.5 Å². The molecule has 0 bridgehead atoms. The first-order valence-corrected chi connectivity index (χ1v) is 14.2. The molecule has 41 heavy (non-hydrogen) atoms. The number of likely N-dealkylation sites (tertiary alicyclic amines) is 1. The van der Waals surface area contributed by atoms with Gasteiger partial charge in [0, 0.05) is 24.7 Å². The van der Waals surface area contributed by atoms with Gasteiger partial charge in [0.1, 0.15) is 17.5 Å². The maximum absolute atomic E-state index is 13.7. The summed E-state index contributed by atoms with van der Waals surface area (Å²) in [7, 11) is 0. The van der Waals surface area contributed by atoms with E-state index in [1.54, 1.807) is 24.3 Å². The Balaban J connectivity index is 1.32. The standard InChI is InChI=1S/C34H36N4O3/c39-33(35-22-25-38-23-10-11-24-38)32(31(26-12-4-1-5-13-26)27-14-6-2-7-15-27)37-34(40)36-28-18-20-30(21-19-28)41-29-16-8-3-9-17-29/h1-9,12-21,31-32H,10-11,22-25H2,(H,35,39)(H2,36,37,40). The Morgan fingerprint density at radius 2 is 1.24 bits per heavy atom. The van der Waals surface area contributed by atoms with Crippen molar-refractivity contribution in [3.8, 4) is 11.5 Å². The van der Waals surface area contributed by atoms with Gasteiger partial charge in [-0.05, 0) is 73.5 Å². The van der Waals surface area contributed by atoms with Crippen LogP contribution in [0.1, 0.15) is 29.9 Å². The summed E-state index contributed by atoms with van der Waals surface area (Å²) >= 11 is 0. The number of carbonyl (C=O) groups is 2. The monoisotopic (exact) mass is 548 g/mol. The van der Waals surface area contributed by atoms with Crippen LogP contribution < -0.4 is 20.7 Å². The summed E-state index contributed by atoms with van der Waals surface area (Å²) < 4.78 is 5.85. The van der Waals surface area contributed by atoms with Crippen LogP contribution in [0.3, 0.4) is 0 Å². The van der Waals surface area contributed by atoms with Crippen molar-refractivity contribution in [3.63, 3.8) is 0 Å². The number of amides is 3. The molecule has 1 aliphatic heterocycles. The van der Waals surface area contributed by atoms with Gasteiger partial charge >= 0.3 is 6.03 Å². The number of urea groups is 1. The van der Waals surface area contributed by atoms with Crippen LogP contribution >= 0.6 is 0 Å².